The van der Waals surface area contributed by atoms with Crippen molar-refractivity contribution in [3.05, 3.63) is 47.5 Å². The predicted octanol–water partition coefficient (Wildman–Crippen LogP) is 5.47. The van der Waals surface area contributed by atoms with Crippen LogP contribution in [-0.2, 0) is 4.79 Å². The van der Waals surface area contributed by atoms with Gasteiger partial charge in [0.15, 0.2) is 5.13 Å². The van der Waals surface area contributed by atoms with E-state index >= 15 is 0 Å². The summed E-state index contributed by atoms with van der Waals surface area (Å²) in [4.78, 5) is 17.6. The molecule has 1 heterocycles. The van der Waals surface area contributed by atoms with Crippen LogP contribution in [0.2, 0.25) is 5.02 Å². The summed E-state index contributed by atoms with van der Waals surface area (Å²) < 4.78 is 6.11. The number of rotatable bonds is 7. The fourth-order valence-corrected chi connectivity index (χ4v) is 4.24. The summed E-state index contributed by atoms with van der Waals surface area (Å²) in [7, 11) is 1.65. The normalized spacial score (nSPS) is 10.8. The molecule has 0 aliphatic carbocycles. The third-order valence-corrected chi connectivity index (χ3v) is 5.74. The maximum absolute atomic E-state index is 12.1. The summed E-state index contributed by atoms with van der Waals surface area (Å²) in [5, 5.41) is 4.15. The van der Waals surface area contributed by atoms with Crippen LogP contribution in [0.25, 0.3) is 10.2 Å². The van der Waals surface area contributed by atoms with Gasteiger partial charge in [-0.15, -0.1) is 11.8 Å². The molecule has 1 aromatic heterocycles. The third-order valence-electron chi connectivity index (χ3n) is 3.47. The van der Waals surface area contributed by atoms with Crippen LogP contribution in [-0.4, -0.2) is 23.8 Å². The molecule has 0 bridgehead atoms. The average Bonchev–Trinajstić information content (AvgIpc) is 3.00. The van der Waals surface area contributed by atoms with E-state index in [9.17, 15) is 4.79 Å². The van der Waals surface area contributed by atoms with Crippen LogP contribution in [0.15, 0.2) is 47.4 Å². The number of nitrogens with zero attached hydrogens (tertiary/aromatic N) is 1. The molecule has 0 saturated carbocycles. The van der Waals surface area contributed by atoms with Crippen LogP contribution in [0.3, 0.4) is 0 Å². The van der Waals surface area contributed by atoms with Gasteiger partial charge in [0.25, 0.3) is 0 Å². The van der Waals surface area contributed by atoms with Gasteiger partial charge in [0.1, 0.15) is 5.75 Å². The van der Waals surface area contributed by atoms with Gasteiger partial charge >= 0.3 is 0 Å². The number of fused-ring (bicyclic) bond motifs is 1. The number of hydrogen-bond acceptors (Lipinski definition) is 5. The van der Waals surface area contributed by atoms with Gasteiger partial charge in [0.05, 0.1) is 17.3 Å². The number of methoxy groups -OCH3 is 1. The van der Waals surface area contributed by atoms with Crippen molar-refractivity contribution in [2.24, 2.45) is 0 Å². The van der Waals surface area contributed by atoms with Crippen molar-refractivity contribution >= 4 is 56.0 Å². The smallest absolute Gasteiger partial charge is 0.226 e. The number of thiazole rings is 1. The summed E-state index contributed by atoms with van der Waals surface area (Å²) in [6, 6.07) is 13.4. The molecule has 3 aromatic rings. The van der Waals surface area contributed by atoms with E-state index < -0.39 is 0 Å². The molecule has 0 fully saturated rings. The summed E-state index contributed by atoms with van der Waals surface area (Å²) in [5.74, 6) is 1.72. The van der Waals surface area contributed by atoms with Crippen molar-refractivity contribution in [2.45, 2.75) is 17.7 Å². The van der Waals surface area contributed by atoms with Gasteiger partial charge in [-0.1, -0.05) is 22.9 Å². The SMILES string of the molecule is COc1ccc(SCCCC(=O)Nc2nc3ccc(Cl)cc3s2)cc1. The van der Waals surface area contributed by atoms with Crippen molar-refractivity contribution < 1.29 is 9.53 Å². The first kappa shape index (κ1) is 18.0. The standard InChI is InChI=1S/C18H17ClN2O2S2/c1-23-13-5-7-14(8-6-13)24-10-2-3-17(22)21-18-20-15-9-4-12(19)11-16(15)25-18/h4-9,11H,2-3,10H2,1H3,(H,20,21,22). The highest BCUT2D eigenvalue weighted by Gasteiger charge is 2.08. The van der Waals surface area contributed by atoms with Crippen LogP contribution < -0.4 is 10.1 Å². The van der Waals surface area contributed by atoms with E-state index in [1.165, 1.54) is 16.2 Å². The molecule has 25 heavy (non-hydrogen) atoms. The minimum Gasteiger partial charge on any atom is -0.497 e. The van der Waals surface area contributed by atoms with E-state index in [1.807, 2.05) is 36.4 Å². The molecule has 7 heteroatoms. The van der Waals surface area contributed by atoms with E-state index in [4.69, 9.17) is 16.3 Å². The largest absolute Gasteiger partial charge is 0.497 e. The second-order valence-corrected chi connectivity index (χ2v) is 7.94. The average molecular weight is 393 g/mol. The molecule has 2 aromatic carbocycles. The second-order valence-electron chi connectivity index (χ2n) is 5.31. The molecule has 1 N–H and O–H groups in total. The van der Waals surface area contributed by atoms with Crippen molar-refractivity contribution in [3.63, 3.8) is 0 Å². The van der Waals surface area contributed by atoms with Crippen LogP contribution in [0.5, 0.6) is 5.75 Å². The molecule has 0 unspecified atom stereocenters. The van der Waals surface area contributed by atoms with Gasteiger partial charge in [-0.3, -0.25) is 4.79 Å². The number of anilines is 1. The van der Waals surface area contributed by atoms with Gasteiger partial charge < -0.3 is 10.1 Å². The zero-order chi connectivity index (χ0) is 17.6. The van der Waals surface area contributed by atoms with Gasteiger partial charge in [0.2, 0.25) is 5.91 Å². The molecule has 0 aliphatic heterocycles. The fraction of sp³-hybridized carbons (Fsp3) is 0.222. The Morgan fingerprint density at radius 2 is 2.08 bits per heavy atom. The highest BCUT2D eigenvalue weighted by molar-refractivity contribution is 7.99. The van der Waals surface area contributed by atoms with E-state index in [0.717, 1.165) is 28.1 Å². The van der Waals surface area contributed by atoms with Crippen LogP contribution in [0, 0.1) is 0 Å². The number of amides is 1. The topological polar surface area (TPSA) is 51.2 Å². The zero-order valence-electron chi connectivity index (χ0n) is 13.6. The highest BCUT2D eigenvalue weighted by atomic mass is 35.5. The fourth-order valence-electron chi connectivity index (χ4n) is 2.23. The number of hydrogen-bond donors (Lipinski definition) is 1. The maximum Gasteiger partial charge on any atom is 0.226 e. The molecular formula is C18H17ClN2O2S2. The minimum absolute atomic E-state index is 0.0134. The summed E-state index contributed by atoms with van der Waals surface area (Å²) in [6.45, 7) is 0. The lowest BCUT2D eigenvalue weighted by Gasteiger charge is -2.04. The molecule has 3 rings (SSSR count). The van der Waals surface area contributed by atoms with E-state index in [2.05, 4.69) is 10.3 Å². The molecule has 0 spiro atoms. The molecule has 1 amide bonds. The van der Waals surface area contributed by atoms with Crippen LogP contribution >= 0.6 is 34.7 Å². The molecule has 0 aliphatic rings. The number of ether oxygens (including phenoxy) is 1. The molecule has 0 saturated heterocycles. The summed E-state index contributed by atoms with van der Waals surface area (Å²) >= 11 is 9.13. The Hall–Kier alpha value is -1.76. The maximum atomic E-state index is 12.1. The number of carbonyl (C=O) groups is 1. The Kier molecular flexibility index (Phi) is 6.18. The quantitative estimate of drug-likeness (QED) is 0.428. The molecule has 4 nitrogen and oxygen atoms in total. The number of benzene rings is 2. The van der Waals surface area contributed by atoms with Gasteiger partial charge in [0, 0.05) is 16.3 Å². The van der Waals surface area contributed by atoms with Crippen LogP contribution in [0.1, 0.15) is 12.8 Å². The van der Waals surface area contributed by atoms with Crippen molar-refractivity contribution in [3.8, 4) is 5.75 Å². The lowest BCUT2D eigenvalue weighted by molar-refractivity contribution is -0.116. The second kappa shape index (κ2) is 8.56. The molecule has 130 valence electrons. The van der Waals surface area contributed by atoms with E-state index in [-0.39, 0.29) is 5.91 Å². The summed E-state index contributed by atoms with van der Waals surface area (Å²) in [5.41, 5.74) is 0.847. The molecule has 0 atom stereocenters. The number of halogens is 1. The monoisotopic (exact) mass is 392 g/mol. The summed E-state index contributed by atoms with van der Waals surface area (Å²) in [6.07, 6.45) is 1.28. The first-order valence-electron chi connectivity index (χ1n) is 7.77. The van der Waals surface area contributed by atoms with Gasteiger partial charge in [-0.2, -0.15) is 0 Å². The Balaban J connectivity index is 1.44. The lowest BCUT2D eigenvalue weighted by Crippen LogP contribution is -2.11. The predicted molar refractivity (Wildman–Crippen MR) is 106 cm³/mol. The zero-order valence-corrected chi connectivity index (χ0v) is 16.0. The van der Waals surface area contributed by atoms with Gasteiger partial charge in [-0.05, 0) is 54.6 Å². The van der Waals surface area contributed by atoms with Gasteiger partial charge in [-0.25, -0.2) is 4.98 Å². The molecular weight excluding hydrogens is 376 g/mol. The van der Waals surface area contributed by atoms with E-state index in [1.54, 1.807) is 24.9 Å². The minimum atomic E-state index is -0.0134. The molecule has 0 radical (unpaired) electrons. The number of aromatic nitrogens is 1. The highest BCUT2D eigenvalue weighted by Crippen LogP contribution is 2.28. The van der Waals surface area contributed by atoms with E-state index in [0.29, 0.717) is 16.6 Å². The lowest BCUT2D eigenvalue weighted by atomic mass is 10.3. The van der Waals surface area contributed by atoms with Crippen molar-refractivity contribution in [2.75, 3.05) is 18.2 Å². The first-order chi connectivity index (χ1) is 12.1. The first-order valence-corrected chi connectivity index (χ1v) is 9.95. The Labute approximate surface area is 159 Å². The Morgan fingerprint density at radius 3 is 2.84 bits per heavy atom. The third kappa shape index (κ3) is 5.11. The van der Waals surface area contributed by atoms with Crippen LogP contribution in [0.4, 0.5) is 5.13 Å². The number of carbonyl (C=O) groups excluding carboxylic acids is 1. The number of nitrogens with one attached hydrogen (secondary N) is 1. The number of thioether (sulfide) groups is 1. The Morgan fingerprint density at radius 1 is 1.28 bits per heavy atom. The van der Waals surface area contributed by atoms with Crippen molar-refractivity contribution in [1.29, 1.82) is 0 Å². The van der Waals surface area contributed by atoms with Crippen molar-refractivity contribution in [1.82, 2.24) is 4.98 Å². The Bertz CT molecular complexity index is 865.